The van der Waals surface area contributed by atoms with Crippen LogP contribution in [0, 0.1) is 0 Å². The Kier molecular flexibility index (Phi) is 6.13. The van der Waals surface area contributed by atoms with Crippen LogP contribution in [0.5, 0.6) is 0 Å². The van der Waals surface area contributed by atoms with Gasteiger partial charge in [0, 0.05) is 26.2 Å². The Morgan fingerprint density at radius 2 is 1.94 bits per heavy atom. The SMILES string of the molecule is CCNC(=O)CNC(=O)C(=O)N1CCCNCC1. The topological polar surface area (TPSA) is 90.5 Å². The molecule has 0 aromatic heterocycles. The molecule has 1 heterocycles. The Morgan fingerprint density at radius 1 is 1.17 bits per heavy atom. The lowest BCUT2D eigenvalue weighted by Crippen LogP contribution is -2.47. The number of nitrogens with zero attached hydrogens (tertiary/aromatic N) is 1. The van der Waals surface area contributed by atoms with Gasteiger partial charge < -0.3 is 20.9 Å². The van der Waals surface area contributed by atoms with Crippen LogP contribution in [0.2, 0.25) is 0 Å². The van der Waals surface area contributed by atoms with Crippen LogP contribution in [0.25, 0.3) is 0 Å². The van der Waals surface area contributed by atoms with E-state index in [1.165, 1.54) is 4.90 Å². The van der Waals surface area contributed by atoms with E-state index >= 15 is 0 Å². The molecule has 3 N–H and O–H groups in total. The van der Waals surface area contributed by atoms with Gasteiger partial charge in [-0.3, -0.25) is 14.4 Å². The molecular formula is C11H20N4O3. The molecule has 1 aliphatic rings. The van der Waals surface area contributed by atoms with E-state index in [9.17, 15) is 14.4 Å². The van der Waals surface area contributed by atoms with Gasteiger partial charge in [-0.1, -0.05) is 0 Å². The second-order valence-corrected chi connectivity index (χ2v) is 4.03. The number of amides is 3. The van der Waals surface area contributed by atoms with E-state index in [1.54, 1.807) is 6.92 Å². The van der Waals surface area contributed by atoms with Crippen molar-refractivity contribution in [1.29, 1.82) is 0 Å². The first-order valence-corrected chi connectivity index (χ1v) is 6.19. The minimum absolute atomic E-state index is 0.162. The minimum atomic E-state index is -0.719. The number of likely N-dealkylation sites (N-methyl/N-ethyl adjacent to an activating group) is 1. The molecule has 18 heavy (non-hydrogen) atoms. The van der Waals surface area contributed by atoms with E-state index in [0.717, 1.165) is 13.0 Å². The normalized spacial score (nSPS) is 15.7. The van der Waals surface area contributed by atoms with Crippen LogP contribution in [-0.4, -0.2) is 61.9 Å². The number of rotatable bonds is 3. The third kappa shape index (κ3) is 4.70. The maximum absolute atomic E-state index is 11.8. The predicted octanol–water partition coefficient (Wildman–Crippen LogP) is -1.94. The van der Waals surface area contributed by atoms with Gasteiger partial charge in [0.25, 0.3) is 0 Å². The largest absolute Gasteiger partial charge is 0.355 e. The number of carbonyl (C=O) groups excluding carboxylic acids is 3. The molecule has 1 aliphatic heterocycles. The fraction of sp³-hybridized carbons (Fsp3) is 0.727. The monoisotopic (exact) mass is 256 g/mol. The van der Waals surface area contributed by atoms with Crippen LogP contribution in [0.3, 0.4) is 0 Å². The van der Waals surface area contributed by atoms with Gasteiger partial charge in [0.2, 0.25) is 5.91 Å². The maximum Gasteiger partial charge on any atom is 0.311 e. The number of nitrogens with one attached hydrogen (secondary N) is 3. The van der Waals surface area contributed by atoms with Crippen molar-refractivity contribution in [3.63, 3.8) is 0 Å². The summed E-state index contributed by atoms with van der Waals surface area (Å²) in [4.78, 5) is 36.0. The predicted molar refractivity (Wildman–Crippen MR) is 65.8 cm³/mol. The van der Waals surface area contributed by atoms with Crippen molar-refractivity contribution in [2.24, 2.45) is 0 Å². The van der Waals surface area contributed by atoms with Gasteiger partial charge in [-0.05, 0) is 19.9 Å². The highest BCUT2D eigenvalue weighted by Gasteiger charge is 2.22. The van der Waals surface area contributed by atoms with E-state index in [4.69, 9.17) is 0 Å². The number of hydrogen-bond donors (Lipinski definition) is 3. The molecule has 0 aromatic carbocycles. The van der Waals surface area contributed by atoms with E-state index in [1.807, 2.05) is 0 Å². The van der Waals surface area contributed by atoms with Crippen LogP contribution in [-0.2, 0) is 14.4 Å². The summed E-state index contributed by atoms with van der Waals surface area (Å²) in [6.45, 7) is 4.76. The first-order chi connectivity index (χ1) is 8.65. The molecule has 3 amide bonds. The molecule has 0 bridgehead atoms. The first kappa shape index (κ1) is 14.4. The van der Waals surface area contributed by atoms with Gasteiger partial charge in [-0.15, -0.1) is 0 Å². The zero-order chi connectivity index (χ0) is 13.4. The molecule has 0 spiro atoms. The Labute approximate surface area is 106 Å². The molecule has 0 aromatic rings. The summed E-state index contributed by atoms with van der Waals surface area (Å²) in [6.07, 6.45) is 0.829. The van der Waals surface area contributed by atoms with Crippen LogP contribution in [0.15, 0.2) is 0 Å². The van der Waals surface area contributed by atoms with E-state index in [-0.39, 0.29) is 12.5 Å². The zero-order valence-electron chi connectivity index (χ0n) is 10.6. The Morgan fingerprint density at radius 3 is 2.67 bits per heavy atom. The fourth-order valence-electron chi connectivity index (χ4n) is 1.69. The van der Waals surface area contributed by atoms with Crippen LogP contribution >= 0.6 is 0 Å². The van der Waals surface area contributed by atoms with Crippen molar-refractivity contribution in [3.8, 4) is 0 Å². The molecule has 1 rings (SSSR count). The van der Waals surface area contributed by atoms with Crippen LogP contribution in [0.4, 0.5) is 0 Å². The molecule has 0 aliphatic carbocycles. The van der Waals surface area contributed by atoms with Crippen molar-refractivity contribution >= 4 is 17.7 Å². The van der Waals surface area contributed by atoms with E-state index in [2.05, 4.69) is 16.0 Å². The van der Waals surface area contributed by atoms with Crippen molar-refractivity contribution in [3.05, 3.63) is 0 Å². The van der Waals surface area contributed by atoms with Gasteiger partial charge in [0.1, 0.15) is 0 Å². The quantitative estimate of drug-likeness (QED) is 0.512. The van der Waals surface area contributed by atoms with E-state index < -0.39 is 11.8 Å². The Bertz CT molecular complexity index is 311. The first-order valence-electron chi connectivity index (χ1n) is 6.19. The molecule has 0 saturated carbocycles. The van der Waals surface area contributed by atoms with Gasteiger partial charge in [0.05, 0.1) is 6.54 Å². The zero-order valence-corrected chi connectivity index (χ0v) is 10.6. The molecule has 0 unspecified atom stereocenters. The summed E-state index contributed by atoms with van der Waals surface area (Å²) in [6, 6.07) is 0. The van der Waals surface area contributed by atoms with Crippen molar-refractivity contribution in [2.45, 2.75) is 13.3 Å². The Hall–Kier alpha value is -1.63. The smallest absolute Gasteiger partial charge is 0.311 e. The molecule has 102 valence electrons. The molecule has 1 fully saturated rings. The lowest BCUT2D eigenvalue weighted by Gasteiger charge is -2.18. The highest BCUT2D eigenvalue weighted by Crippen LogP contribution is 1.96. The second kappa shape index (κ2) is 7.65. The third-order valence-electron chi connectivity index (χ3n) is 2.60. The number of carbonyl (C=O) groups is 3. The average molecular weight is 256 g/mol. The molecule has 0 radical (unpaired) electrons. The van der Waals surface area contributed by atoms with Gasteiger partial charge in [-0.2, -0.15) is 0 Å². The molecule has 1 saturated heterocycles. The minimum Gasteiger partial charge on any atom is -0.355 e. The summed E-state index contributed by atoms with van der Waals surface area (Å²) >= 11 is 0. The van der Waals surface area contributed by atoms with Crippen molar-refractivity contribution in [2.75, 3.05) is 39.3 Å². The highest BCUT2D eigenvalue weighted by atomic mass is 16.2. The second-order valence-electron chi connectivity index (χ2n) is 4.03. The number of hydrogen-bond acceptors (Lipinski definition) is 4. The summed E-state index contributed by atoms with van der Waals surface area (Å²) in [5, 5.41) is 8.01. The summed E-state index contributed by atoms with van der Waals surface area (Å²) in [7, 11) is 0. The van der Waals surface area contributed by atoms with Gasteiger partial charge in [0.15, 0.2) is 0 Å². The lowest BCUT2D eigenvalue weighted by atomic mass is 10.3. The third-order valence-corrected chi connectivity index (χ3v) is 2.60. The van der Waals surface area contributed by atoms with Gasteiger partial charge >= 0.3 is 11.8 Å². The van der Waals surface area contributed by atoms with Gasteiger partial charge in [-0.25, -0.2) is 0 Å². The van der Waals surface area contributed by atoms with Crippen LogP contribution < -0.4 is 16.0 Å². The van der Waals surface area contributed by atoms with E-state index in [0.29, 0.717) is 26.2 Å². The highest BCUT2D eigenvalue weighted by molar-refractivity contribution is 6.35. The molecule has 7 nitrogen and oxygen atoms in total. The van der Waals surface area contributed by atoms with Crippen molar-refractivity contribution < 1.29 is 14.4 Å². The summed E-state index contributed by atoms with van der Waals surface area (Å²) in [5.41, 5.74) is 0. The summed E-state index contributed by atoms with van der Waals surface area (Å²) in [5.74, 6) is -1.58. The fourth-order valence-corrected chi connectivity index (χ4v) is 1.69. The molecule has 0 atom stereocenters. The summed E-state index contributed by atoms with van der Waals surface area (Å²) < 4.78 is 0. The average Bonchev–Trinajstić information content (AvgIpc) is 2.64. The lowest BCUT2D eigenvalue weighted by molar-refractivity contribution is -0.146. The maximum atomic E-state index is 11.8. The van der Waals surface area contributed by atoms with Crippen LogP contribution in [0.1, 0.15) is 13.3 Å². The standard InChI is InChI=1S/C11H20N4O3/c1-2-13-9(16)8-14-10(17)11(18)15-6-3-4-12-5-7-15/h12H,2-8H2,1H3,(H,13,16)(H,14,17). The Balaban J connectivity index is 2.35. The van der Waals surface area contributed by atoms with Crippen molar-refractivity contribution in [1.82, 2.24) is 20.9 Å². The molecular weight excluding hydrogens is 236 g/mol. The molecule has 7 heteroatoms.